The van der Waals surface area contributed by atoms with Gasteiger partial charge >= 0.3 is 5.97 Å². The highest BCUT2D eigenvalue weighted by Gasteiger charge is 2.31. The third kappa shape index (κ3) is 5.29. The Balaban J connectivity index is 1.45. The summed E-state index contributed by atoms with van der Waals surface area (Å²) in [5, 5.41) is 4.53. The van der Waals surface area contributed by atoms with Gasteiger partial charge in [0.2, 0.25) is 11.7 Å². The number of benzene rings is 1. The van der Waals surface area contributed by atoms with E-state index < -0.39 is 11.6 Å². The first kappa shape index (κ1) is 19.8. The third-order valence-corrected chi connectivity index (χ3v) is 4.09. The molecule has 0 aliphatic carbocycles. The zero-order valence-corrected chi connectivity index (χ0v) is 16.3. The van der Waals surface area contributed by atoms with E-state index in [4.69, 9.17) is 25.6 Å². The van der Waals surface area contributed by atoms with Gasteiger partial charge in [-0.2, -0.15) is 4.98 Å². The molecule has 3 aromatic rings. The Labute approximate surface area is 167 Å². The Morgan fingerprint density at radius 2 is 2.00 bits per heavy atom. The molecule has 0 spiro atoms. The molecule has 0 atom stereocenters. The van der Waals surface area contributed by atoms with Gasteiger partial charge in [0.1, 0.15) is 5.75 Å². The van der Waals surface area contributed by atoms with Gasteiger partial charge in [-0.25, -0.2) is 4.79 Å². The van der Waals surface area contributed by atoms with Crippen molar-refractivity contribution < 1.29 is 18.8 Å². The molecule has 146 valence electrons. The van der Waals surface area contributed by atoms with Crippen LogP contribution >= 0.6 is 11.6 Å². The van der Waals surface area contributed by atoms with Crippen LogP contribution in [0.15, 0.2) is 53.3 Å². The van der Waals surface area contributed by atoms with E-state index in [1.165, 1.54) is 0 Å². The minimum Gasteiger partial charge on any atom is -0.476 e. The molecule has 2 heterocycles. The summed E-state index contributed by atoms with van der Waals surface area (Å²) >= 11 is 5.85. The summed E-state index contributed by atoms with van der Waals surface area (Å²) in [4.78, 5) is 20.6. The summed E-state index contributed by atoms with van der Waals surface area (Å²) in [5.74, 6) is 1.05. The lowest BCUT2D eigenvalue weighted by Crippen LogP contribution is -2.39. The van der Waals surface area contributed by atoms with Crippen LogP contribution in [0.1, 0.15) is 26.2 Å². The van der Waals surface area contributed by atoms with E-state index in [0.29, 0.717) is 35.3 Å². The molecule has 0 aliphatic heterocycles. The molecule has 0 amide bonds. The highest BCUT2D eigenvalue weighted by Crippen LogP contribution is 2.22. The van der Waals surface area contributed by atoms with Gasteiger partial charge in [0.05, 0.1) is 6.61 Å². The van der Waals surface area contributed by atoms with Crippen molar-refractivity contribution in [2.45, 2.75) is 32.3 Å². The second-order valence-corrected chi connectivity index (χ2v) is 7.00. The molecule has 0 unspecified atom stereocenters. The van der Waals surface area contributed by atoms with Crippen LogP contribution in [0, 0.1) is 0 Å². The summed E-state index contributed by atoms with van der Waals surface area (Å²) in [6.45, 7) is 3.53. The van der Waals surface area contributed by atoms with Gasteiger partial charge < -0.3 is 14.0 Å². The molecule has 0 bridgehead atoms. The fourth-order valence-electron chi connectivity index (χ4n) is 2.37. The van der Waals surface area contributed by atoms with Crippen LogP contribution < -0.4 is 4.74 Å². The van der Waals surface area contributed by atoms with Gasteiger partial charge in [0, 0.05) is 29.4 Å². The van der Waals surface area contributed by atoms with Gasteiger partial charge in [-0.05, 0) is 56.7 Å². The highest BCUT2D eigenvalue weighted by atomic mass is 35.5. The number of aromatic nitrogens is 3. The number of nitrogens with zero attached hydrogens (tertiary/aromatic N) is 3. The molecule has 1 aromatic carbocycles. The third-order valence-electron chi connectivity index (χ3n) is 3.83. The molecule has 28 heavy (non-hydrogen) atoms. The number of hydrogen-bond donors (Lipinski definition) is 0. The lowest BCUT2D eigenvalue weighted by Gasteiger charge is -2.24. The zero-order chi connectivity index (χ0) is 20.0. The number of ether oxygens (including phenoxy) is 2. The van der Waals surface area contributed by atoms with E-state index in [-0.39, 0.29) is 6.61 Å². The van der Waals surface area contributed by atoms with E-state index >= 15 is 0 Å². The molecule has 3 rings (SSSR count). The number of esters is 1. The SMILES string of the molecule is CC(C)(Oc1ccc(Cl)cc1)C(=O)OCCCc1nc(-c2cccnc2)no1. The van der Waals surface area contributed by atoms with Crippen molar-refractivity contribution in [2.75, 3.05) is 6.61 Å². The van der Waals surface area contributed by atoms with Gasteiger partial charge in [0.15, 0.2) is 5.60 Å². The molecule has 0 fully saturated rings. The topological polar surface area (TPSA) is 87.3 Å². The van der Waals surface area contributed by atoms with E-state index in [1.54, 1.807) is 56.6 Å². The lowest BCUT2D eigenvalue weighted by molar-refractivity contribution is -0.159. The molecule has 2 aromatic heterocycles. The molecule has 0 saturated heterocycles. The maximum Gasteiger partial charge on any atom is 0.349 e. The van der Waals surface area contributed by atoms with Crippen molar-refractivity contribution in [3.05, 3.63) is 59.7 Å². The maximum atomic E-state index is 12.3. The highest BCUT2D eigenvalue weighted by molar-refractivity contribution is 6.30. The number of hydrogen-bond acceptors (Lipinski definition) is 7. The fourth-order valence-corrected chi connectivity index (χ4v) is 2.50. The summed E-state index contributed by atoms with van der Waals surface area (Å²) in [6, 6.07) is 10.5. The summed E-state index contributed by atoms with van der Waals surface area (Å²) < 4.78 is 16.2. The van der Waals surface area contributed by atoms with Crippen molar-refractivity contribution in [1.29, 1.82) is 0 Å². The summed E-state index contributed by atoms with van der Waals surface area (Å²) in [5.41, 5.74) is -0.337. The van der Waals surface area contributed by atoms with Crippen molar-refractivity contribution in [3.63, 3.8) is 0 Å². The van der Waals surface area contributed by atoms with E-state index in [9.17, 15) is 4.79 Å². The number of aryl methyl sites for hydroxylation is 1. The average molecular weight is 402 g/mol. The van der Waals surface area contributed by atoms with Gasteiger partial charge in [-0.15, -0.1) is 0 Å². The van der Waals surface area contributed by atoms with Crippen molar-refractivity contribution >= 4 is 17.6 Å². The number of carbonyl (C=O) groups is 1. The molecule has 0 aliphatic rings. The van der Waals surface area contributed by atoms with Crippen LogP contribution in [-0.2, 0) is 16.0 Å². The van der Waals surface area contributed by atoms with E-state index in [0.717, 1.165) is 5.56 Å². The molecule has 8 heteroatoms. The zero-order valence-electron chi connectivity index (χ0n) is 15.6. The first-order chi connectivity index (χ1) is 13.4. The molecular weight excluding hydrogens is 382 g/mol. The molecule has 0 radical (unpaired) electrons. The quantitative estimate of drug-likeness (QED) is 0.414. The van der Waals surface area contributed by atoms with Crippen LogP contribution in [0.5, 0.6) is 5.75 Å². The second-order valence-electron chi connectivity index (χ2n) is 6.56. The number of rotatable bonds is 8. The molecular formula is C20H20ClN3O4. The Hall–Kier alpha value is -2.93. The normalized spacial score (nSPS) is 11.2. The van der Waals surface area contributed by atoms with Gasteiger partial charge in [0.25, 0.3) is 0 Å². The minimum atomic E-state index is -1.12. The van der Waals surface area contributed by atoms with Gasteiger partial charge in [-0.3, -0.25) is 4.98 Å². The standard InChI is InChI=1S/C20H20ClN3O4/c1-20(2,27-16-9-7-15(21)8-10-16)19(25)26-12-4-6-17-23-18(24-28-17)14-5-3-11-22-13-14/h3,5,7-11,13H,4,6,12H2,1-2H3. The minimum absolute atomic E-state index is 0.219. The summed E-state index contributed by atoms with van der Waals surface area (Å²) in [7, 11) is 0. The smallest absolute Gasteiger partial charge is 0.349 e. The Bertz CT molecular complexity index is 911. The molecule has 7 nitrogen and oxygen atoms in total. The number of halogens is 1. The first-order valence-corrected chi connectivity index (χ1v) is 9.16. The molecule has 0 N–H and O–H groups in total. The average Bonchev–Trinajstić information content (AvgIpc) is 3.16. The van der Waals surface area contributed by atoms with Crippen molar-refractivity contribution in [2.24, 2.45) is 0 Å². The van der Waals surface area contributed by atoms with Crippen LogP contribution in [0.4, 0.5) is 0 Å². The van der Waals surface area contributed by atoms with E-state index in [1.807, 2.05) is 6.07 Å². The van der Waals surface area contributed by atoms with E-state index in [2.05, 4.69) is 15.1 Å². The van der Waals surface area contributed by atoms with Crippen LogP contribution in [0.25, 0.3) is 11.4 Å². The number of pyridine rings is 1. The Kier molecular flexibility index (Phi) is 6.26. The first-order valence-electron chi connectivity index (χ1n) is 8.79. The van der Waals surface area contributed by atoms with Crippen LogP contribution in [-0.4, -0.2) is 33.3 Å². The van der Waals surface area contributed by atoms with Crippen LogP contribution in [0.2, 0.25) is 5.02 Å². The summed E-state index contributed by atoms with van der Waals surface area (Å²) in [6.07, 6.45) is 4.40. The van der Waals surface area contributed by atoms with Crippen molar-refractivity contribution in [3.8, 4) is 17.1 Å². The monoisotopic (exact) mass is 401 g/mol. The largest absolute Gasteiger partial charge is 0.476 e. The second kappa shape index (κ2) is 8.84. The van der Waals surface area contributed by atoms with Crippen molar-refractivity contribution in [1.82, 2.24) is 15.1 Å². The Morgan fingerprint density at radius 1 is 1.21 bits per heavy atom. The molecule has 0 saturated carbocycles. The Morgan fingerprint density at radius 3 is 2.71 bits per heavy atom. The predicted octanol–water partition coefficient (Wildman–Crippen LogP) is 4.12. The number of carbonyl (C=O) groups excluding carboxylic acids is 1. The predicted molar refractivity (Wildman–Crippen MR) is 103 cm³/mol. The lowest BCUT2D eigenvalue weighted by atomic mass is 10.1. The fraction of sp³-hybridized carbons (Fsp3) is 0.300. The van der Waals surface area contributed by atoms with Gasteiger partial charge in [-0.1, -0.05) is 16.8 Å². The van der Waals surface area contributed by atoms with Crippen LogP contribution in [0.3, 0.4) is 0 Å². The maximum absolute atomic E-state index is 12.3.